The highest BCUT2D eigenvalue weighted by molar-refractivity contribution is 5.73. The fourth-order valence-corrected chi connectivity index (χ4v) is 2.01. The molecule has 2 rings (SSSR count). The van der Waals surface area contributed by atoms with Crippen molar-refractivity contribution in [2.45, 2.75) is 12.5 Å². The zero-order chi connectivity index (χ0) is 12.4. The van der Waals surface area contributed by atoms with Crippen molar-refractivity contribution < 1.29 is 4.42 Å². The molecule has 1 aromatic heterocycles. The van der Waals surface area contributed by atoms with Crippen molar-refractivity contribution in [3.63, 3.8) is 0 Å². The van der Waals surface area contributed by atoms with Crippen LogP contribution in [-0.2, 0) is 7.05 Å². The first-order chi connectivity index (χ1) is 8.17. The molecule has 0 saturated carbocycles. The maximum absolute atomic E-state index is 11.4. The minimum absolute atomic E-state index is 0.190. The van der Waals surface area contributed by atoms with E-state index in [-0.39, 0.29) is 11.8 Å². The van der Waals surface area contributed by atoms with Gasteiger partial charge in [0.15, 0.2) is 5.58 Å². The Bertz CT molecular complexity index is 571. The zero-order valence-corrected chi connectivity index (χ0v) is 10.1. The van der Waals surface area contributed by atoms with Gasteiger partial charge in [-0.15, -0.1) is 0 Å². The minimum Gasteiger partial charge on any atom is -0.408 e. The minimum atomic E-state index is -0.336. The summed E-state index contributed by atoms with van der Waals surface area (Å²) in [6.45, 7) is 0.613. The fourth-order valence-electron chi connectivity index (χ4n) is 2.01. The van der Waals surface area contributed by atoms with Crippen LogP contribution in [0.2, 0.25) is 0 Å². The first-order valence-corrected chi connectivity index (χ1v) is 5.64. The van der Waals surface area contributed by atoms with E-state index in [0.717, 1.165) is 17.5 Å². The van der Waals surface area contributed by atoms with Crippen LogP contribution in [0.5, 0.6) is 0 Å². The van der Waals surface area contributed by atoms with Gasteiger partial charge in [-0.05, 0) is 37.7 Å². The van der Waals surface area contributed by atoms with Gasteiger partial charge in [-0.25, -0.2) is 4.79 Å². The fraction of sp³-hybridized carbons (Fsp3) is 0.417. The summed E-state index contributed by atoms with van der Waals surface area (Å²) in [6, 6.07) is 5.98. The Hall–Kier alpha value is -1.59. The number of oxazole rings is 1. The average molecular weight is 235 g/mol. The van der Waals surface area contributed by atoms with Crippen LogP contribution in [0.1, 0.15) is 18.0 Å². The van der Waals surface area contributed by atoms with Gasteiger partial charge in [0.1, 0.15) is 0 Å². The highest BCUT2D eigenvalue weighted by atomic mass is 16.4. The second kappa shape index (κ2) is 4.73. The summed E-state index contributed by atoms with van der Waals surface area (Å²) in [4.78, 5) is 11.4. The van der Waals surface area contributed by atoms with Crippen molar-refractivity contribution >= 4 is 11.1 Å². The summed E-state index contributed by atoms with van der Waals surface area (Å²) < 4.78 is 6.66. The lowest BCUT2D eigenvalue weighted by Gasteiger charge is -2.15. The molecule has 5 nitrogen and oxygen atoms in total. The summed E-state index contributed by atoms with van der Waals surface area (Å²) in [6.07, 6.45) is 0.846. The number of nitrogens with one attached hydrogen (secondary N) is 1. The Morgan fingerprint density at radius 1 is 1.53 bits per heavy atom. The molecule has 1 aromatic carbocycles. The van der Waals surface area contributed by atoms with E-state index in [0.29, 0.717) is 12.1 Å². The first-order valence-electron chi connectivity index (χ1n) is 5.64. The molecule has 0 radical (unpaired) electrons. The molecule has 3 N–H and O–H groups in total. The van der Waals surface area contributed by atoms with Crippen LogP contribution in [-0.4, -0.2) is 18.2 Å². The van der Waals surface area contributed by atoms with E-state index in [2.05, 4.69) is 5.32 Å². The van der Waals surface area contributed by atoms with E-state index in [4.69, 9.17) is 10.2 Å². The SMILES string of the molecule is CNC(CCN)c1ccc2c(c1)oc(=O)n2C. The Kier molecular flexibility index (Phi) is 3.31. The van der Waals surface area contributed by atoms with Crippen LogP contribution in [0.4, 0.5) is 0 Å². The standard InChI is InChI=1S/C12H17N3O2/c1-14-9(5-6-13)8-3-4-10-11(7-8)17-12(16)15(10)2/h3-4,7,9,14H,5-6,13H2,1-2H3. The highest BCUT2D eigenvalue weighted by Crippen LogP contribution is 2.21. The molecule has 0 bridgehead atoms. The van der Waals surface area contributed by atoms with Gasteiger partial charge in [0.05, 0.1) is 5.52 Å². The van der Waals surface area contributed by atoms with Gasteiger partial charge in [-0.2, -0.15) is 0 Å². The van der Waals surface area contributed by atoms with Crippen molar-refractivity contribution in [1.29, 1.82) is 0 Å². The van der Waals surface area contributed by atoms with Crippen molar-refractivity contribution in [1.82, 2.24) is 9.88 Å². The van der Waals surface area contributed by atoms with Gasteiger partial charge in [0.2, 0.25) is 0 Å². The van der Waals surface area contributed by atoms with Crippen LogP contribution in [0, 0.1) is 0 Å². The maximum Gasteiger partial charge on any atom is 0.419 e. The lowest BCUT2D eigenvalue weighted by Crippen LogP contribution is -2.19. The molecule has 0 amide bonds. The number of rotatable bonds is 4. The summed E-state index contributed by atoms with van der Waals surface area (Å²) >= 11 is 0. The monoisotopic (exact) mass is 235 g/mol. The number of fused-ring (bicyclic) bond motifs is 1. The Morgan fingerprint density at radius 3 is 2.94 bits per heavy atom. The molecule has 0 aliphatic rings. The molecule has 1 atom stereocenters. The lowest BCUT2D eigenvalue weighted by atomic mass is 10.0. The molecule has 2 aromatic rings. The zero-order valence-electron chi connectivity index (χ0n) is 10.1. The van der Waals surface area contributed by atoms with Crippen LogP contribution in [0.3, 0.4) is 0 Å². The van der Waals surface area contributed by atoms with E-state index in [1.165, 1.54) is 4.57 Å². The second-order valence-electron chi connectivity index (χ2n) is 4.07. The molecule has 5 heteroatoms. The Labute approximate surface area is 99.2 Å². The number of hydrogen-bond acceptors (Lipinski definition) is 4. The lowest BCUT2D eigenvalue weighted by molar-refractivity contribution is 0.525. The van der Waals surface area contributed by atoms with E-state index < -0.39 is 0 Å². The predicted octanol–water partition coefficient (Wildman–Crippen LogP) is 0.741. The molecule has 17 heavy (non-hydrogen) atoms. The Morgan fingerprint density at radius 2 is 2.29 bits per heavy atom. The van der Waals surface area contributed by atoms with E-state index in [1.54, 1.807) is 7.05 Å². The molecule has 0 fully saturated rings. The Balaban J connectivity index is 2.47. The molecular formula is C12H17N3O2. The maximum atomic E-state index is 11.4. The van der Waals surface area contributed by atoms with Gasteiger partial charge in [0.25, 0.3) is 0 Å². The number of aromatic nitrogens is 1. The number of hydrogen-bond donors (Lipinski definition) is 2. The van der Waals surface area contributed by atoms with Crippen LogP contribution in [0.15, 0.2) is 27.4 Å². The third kappa shape index (κ3) is 2.11. The van der Waals surface area contributed by atoms with Crippen molar-refractivity contribution in [2.75, 3.05) is 13.6 Å². The van der Waals surface area contributed by atoms with E-state index in [1.807, 2.05) is 25.2 Å². The molecule has 1 unspecified atom stereocenters. The smallest absolute Gasteiger partial charge is 0.408 e. The normalized spacial score (nSPS) is 13.1. The number of nitrogens with two attached hydrogens (primary N) is 1. The van der Waals surface area contributed by atoms with Crippen LogP contribution in [0.25, 0.3) is 11.1 Å². The molecule has 0 spiro atoms. The average Bonchev–Trinajstić information content (AvgIpc) is 2.61. The molecule has 0 aliphatic carbocycles. The number of benzene rings is 1. The quantitative estimate of drug-likeness (QED) is 0.819. The van der Waals surface area contributed by atoms with Gasteiger partial charge >= 0.3 is 5.76 Å². The molecule has 92 valence electrons. The topological polar surface area (TPSA) is 73.2 Å². The van der Waals surface area contributed by atoms with Crippen LogP contribution >= 0.6 is 0 Å². The second-order valence-corrected chi connectivity index (χ2v) is 4.07. The summed E-state index contributed by atoms with van der Waals surface area (Å²) in [5.41, 5.74) is 8.07. The van der Waals surface area contributed by atoms with E-state index >= 15 is 0 Å². The van der Waals surface area contributed by atoms with Crippen molar-refractivity contribution in [2.24, 2.45) is 12.8 Å². The largest absolute Gasteiger partial charge is 0.419 e. The third-order valence-electron chi connectivity index (χ3n) is 3.02. The molecule has 0 saturated heterocycles. The predicted molar refractivity (Wildman–Crippen MR) is 66.9 cm³/mol. The number of aryl methyl sites for hydroxylation is 1. The molecule has 1 heterocycles. The van der Waals surface area contributed by atoms with Crippen molar-refractivity contribution in [3.05, 3.63) is 34.3 Å². The van der Waals surface area contributed by atoms with Gasteiger partial charge in [-0.3, -0.25) is 4.57 Å². The first kappa shape index (κ1) is 11.9. The summed E-state index contributed by atoms with van der Waals surface area (Å²) in [7, 11) is 3.59. The molecule has 0 aliphatic heterocycles. The number of nitrogens with zero attached hydrogens (tertiary/aromatic N) is 1. The van der Waals surface area contributed by atoms with Crippen LogP contribution < -0.4 is 16.8 Å². The highest BCUT2D eigenvalue weighted by Gasteiger charge is 2.11. The third-order valence-corrected chi connectivity index (χ3v) is 3.02. The van der Waals surface area contributed by atoms with Crippen molar-refractivity contribution in [3.8, 4) is 0 Å². The molecular weight excluding hydrogens is 218 g/mol. The summed E-state index contributed by atoms with van der Waals surface area (Å²) in [5, 5.41) is 3.20. The summed E-state index contributed by atoms with van der Waals surface area (Å²) in [5.74, 6) is -0.336. The van der Waals surface area contributed by atoms with Gasteiger partial charge in [-0.1, -0.05) is 6.07 Å². The van der Waals surface area contributed by atoms with Gasteiger partial charge < -0.3 is 15.5 Å². The van der Waals surface area contributed by atoms with E-state index in [9.17, 15) is 4.79 Å². The van der Waals surface area contributed by atoms with Gasteiger partial charge in [0, 0.05) is 13.1 Å².